The Balaban J connectivity index is 1.80. The van der Waals surface area contributed by atoms with Crippen LogP contribution in [0.25, 0.3) is 0 Å². The highest BCUT2D eigenvalue weighted by Crippen LogP contribution is 2.47. The lowest BCUT2D eigenvalue weighted by Gasteiger charge is -2.26. The van der Waals surface area contributed by atoms with Gasteiger partial charge in [0.15, 0.2) is 11.5 Å². The van der Waals surface area contributed by atoms with Crippen LogP contribution >= 0.6 is 11.6 Å². The number of cyclic esters (lactones) is 1. The number of carbonyl (C=O) groups is 2. The molecule has 0 radical (unpaired) electrons. The molecule has 182 valence electrons. The maximum atomic E-state index is 13.0. The van der Waals surface area contributed by atoms with Gasteiger partial charge in [-0.25, -0.2) is 4.79 Å². The number of aliphatic hydroxyl groups is 1. The number of esters is 2. The van der Waals surface area contributed by atoms with E-state index in [0.717, 1.165) is 19.3 Å². The SMILES string of the molecule is COc1c([C@@H](O)CC(C)C)ccc2c1C(=O)OCc1c(Cl)c(C)cc(OC(=O)C3CCC3)c1O2. The van der Waals surface area contributed by atoms with Gasteiger partial charge in [-0.15, -0.1) is 0 Å². The van der Waals surface area contributed by atoms with Crippen LogP contribution < -0.4 is 14.2 Å². The van der Waals surface area contributed by atoms with Crippen LogP contribution in [0.2, 0.25) is 5.02 Å². The molecule has 1 aliphatic heterocycles. The molecule has 34 heavy (non-hydrogen) atoms. The van der Waals surface area contributed by atoms with E-state index in [9.17, 15) is 14.7 Å². The van der Waals surface area contributed by atoms with Gasteiger partial charge < -0.3 is 24.1 Å². The Morgan fingerprint density at radius 3 is 2.65 bits per heavy atom. The minimum atomic E-state index is -0.832. The van der Waals surface area contributed by atoms with Gasteiger partial charge in [0.1, 0.15) is 23.7 Å². The van der Waals surface area contributed by atoms with Crippen molar-refractivity contribution in [3.05, 3.63) is 45.5 Å². The third-order valence-corrected chi connectivity index (χ3v) is 6.80. The van der Waals surface area contributed by atoms with Gasteiger partial charge in [0.2, 0.25) is 0 Å². The molecule has 7 nitrogen and oxygen atoms in total. The molecule has 1 N–H and O–H groups in total. The van der Waals surface area contributed by atoms with Gasteiger partial charge in [-0.05, 0) is 55.9 Å². The summed E-state index contributed by atoms with van der Waals surface area (Å²) >= 11 is 6.53. The highest BCUT2D eigenvalue weighted by atomic mass is 35.5. The average Bonchev–Trinajstić information content (AvgIpc) is 2.73. The topological polar surface area (TPSA) is 91.3 Å². The predicted molar refractivity (Wildman–Crippen MR) is 126 cm³/mol. The largest absolute Gasteiger partial charge is 0.495 e. The molecule has 1 atom stereocenters. The Labute approximate surface area is 203 Å². The third kappa shape index (κ3) is 4.59. The lowest BCUT2D eigenvalue weighted by Crippen LogP contribution is -2.26. The van der Waals surface area contributed by atoms with Crippen molar-refractivity contribution in [1.29, 1.82) is 0 Å². The molecule has 1 aliphatic carbocycles. The van der Waals surface area contributed by atoms with E-state index in [4.69, 9.17) is 30.5 Å². The van der Waals surface area contributed by atoms with Crippen molar-refractivity contribution in [1.82, 2.24) is 0 Å². The van der Waals surface area contributed by atoms with Crippen molar-refractivity contribution in [2.24, 2.45) is 11.8 Å². The normalized spacial score (nSPS) is 16.3. The van der Waals surface area contributed by atoms with E-state index in [0.29, 0.717) is 28.1 Å². The smallest absolute Gasteiger partial charge is 0.346 e. The minimum absolute atomic E-state index is 0.0569. The fourth-order valence-corrected chi connectivity index (χ4v) is 4.39. The Morgan fingerprint density at radius 1 is 1.29 bits per heavy atom. The van der Waals surface area contributed by atoms with E-state index in [1.165, 1.54) is 7.11 Å². The van der Waals surface area contributed by atoms with Gasteiger partial charge >= 0.3 is 11.9 Å². The maximum Gasteiger partial charge on any atom is 0.346 e. The monoisotopic (exact) mass is 488 g/mol. The average molecular weight is 489 g/mol. The molecule has 0 saturated heterocycles. The Morgan fingerprint density at radius 2 is 2.03 bits per heavy atom. The van der Waals surface area contributed by atoms with E-state index in [1.54, 1.807) is 25.1 Å². The molecule has 2 aliphatic rings. The molecular formula is C26H29ClO7. The fourth-order valence-electron chi connectivity index (χ4n) is 4.20. The predicted octanol–water partition coefficient (Wildman–Crippen LogP) is 5.90. The summed E-state index contributed by atoms with van der Waals surface area (Å²) in [5.74, 6) is -0.0976. The molecule has 1 saturated carbocycles. The van der Waals surface area contributed by atoms with E-state index >= 15 is 0 Å². The van der Waals surface area contributed by atoms with Crippen LogP contribution in [0.4, 0.5) is 0 Å². The molecule has 1 heterocycles. The molecule has 0 spiro atoms. The second kappa shape index (κ2) is 9.84. The zero-order valence-corrected chi connectivity index (χ0v) is 20.5. The number of hydrogen-bond acceptors (Lipinski definition) is 7. The van der Waals surface area contributed by atoms with Crippen LogP contribution in [0.1, 0.15) is 72.7 Å². The number of halogens is 1. The number of ether oxygens (including phenoxy) is 4. The Bertz CT molecular complexity index is 1120. The molecular weight excluding hydrogens is 460 g/mol. The lowest BCUT2D eigenvalue weighted by atomic mass is 9.86. The van der Waals surface area contributed by atoms with Gasteiger partial charge in [-0.3, -0.25) is 4.79 Å². The summed E-state index contributed by atoms with van der Waals surface area (Å²) in [5.41, 5.74) is 1.61. The highest BCUT2D eigenvalue weighted by Gasteiger charge is 2.33. The molecule has 0 amide bonds. The Kier molecular flexibility index (Phi) is 7.05. The van der Waals surface area contributed by atoms with E-state index in [2.05, 4.69) is 0 Å². The first-order valence-corrected chi connectivity index (χ1v) is 11.9. The quantitative estimate of drug-likeness (QED) is 0.399. The first kappa shape index (κ1) is 24.4. The van der Waals surface area contributed by atoms with Gasteiger partial charge in [0.25, 0.3) is 0 Å². The molecule has 2 aromatic rings. The van der Waals surface area contributed by atoms with Crippen molar-refractivity contribution < 1.29 is 33.6 Å². The summed E-state index contributed by atoms with van der Waals surface area (Å²) in [5, 5.41) is 11.1. The zero-order chi connectivity index (χ0) is 24.6. The van der Waals surface area contributed by atoms with Gasteiger partial charge in [-0.1, -0.05) is 31.9 Å². The second-order valence-electron chi connectivity index (χ2n) is 9.25. The fraction of sp³-hybridized carbons (Fsp3) is 0.462. The summed E-state index contributed by atoms with van der Waals surface area (Å²) in [4.78, 5) is 25.6. The minimum Gasteiger partial charge on any atom is -0.495 e. The van der Waals surface area contributed by atoms with Crippen LogP contribution in [0, 0.1) is 18.8 Å². The highest BCUT2D eigenvalue weighted by molar-refractivity contribution is 6.32. The second-order valence-corrected chi connectivity index (χ2v) is 9.62. The standard InChI is InChI=1S/C26H29ClO7/c1-13(2)10-18(28)16-8-9-19-21(24(16)31-4)26(30)32-12-17-22(27)14(3)11-20(23(17)33-19)34-25(29)15-6-5-7-15/h8-9,11,13,15,18,28H,5-7,10,12H2,1-4H3/t18-/m0/s1. The molecule has 0 bridgehead atoms. The Hall–Kier alpha value is -2.77. The van der Waals surface area contributed by atoms with Gasteiger partial charge in [0, 0.05) is 5.56 Å². The first-order valence-electron chi connectivity index (χ1n) is 11.5. The number of aliphatic hydroxyl groups excluding tert-OH is 1. The van der Waals surface area contributed by atoms with Crippen LogP contribution in [0.5, 0.6) is 23.0 Å². The number of methoxy groups -OCH3 is 1. The van der Waals surface area contributed by atoms with Crippen molar-refractivity contribution in [3.8, 4) is 23.0 Å². The molecule has 1 fully saturated rings. The molecule has 2 aromatic carbocycles. The van der Waals surface area contributed by atoms with E-state index in [1.807, 2.05) is 13.8 Å². The summed E-state index contributed by atoms with van der Waals surface area (Å²) in [6, 6.07) is 4.90. The van der Waals surface area contributed by atoms with Crippen molar-refractivity contribution in [2.45, 2.75) is 59.2 Å². The summed E-state index contributed by atoms with van der Waals surface area (Å²) < 4.78 is 23.0. The first-order chi connectivity index (χ1) is 16.2. The molecule has 0 unspecified atom stereocenters. The molecule has 8 heteroatoms. The van der Waals surface area contributed by atoms with Crippen LogP contribution in [0.3, 0.4) is 0 Å². The van der Waals surface area contributed by atoms with Crippen LogP contribution in [-0.2, 0) is 16.1 Å². The van der Waals surface area contributed by atoms with Gasteiger partial charge in [0.05, 0.1) is 29.7 Å². The maximum absolute atomic E-state index is 13.0. The summed E-state index contributed by atoms with van der Waals surface area (Å²) in [6.45, 7) is 5.60. The van der Waals surface area contributed by atoms with E-state index < -0.39 is 12.1 Å². The van der Waals surface area contributed by atoms with Crippen molar-refractivity contribution in [2.75, 3.05) is 7.11 Å². The van der Waals surface area contributed by atoms with Crippen LogP contribution in [0.15, 0.2) is 18.2 Å². The number of aryl methyl sites for hydroxylation is 1. The number of rotatable bonds is 6. The number of carbonyl (C=O) groups excluding carboxylic acids is 2. The summed E-state index contributed by atoms with van der Waals surface area (Å²) in [7, 11) is 1.42. The van der Waals surface area contributed by atoms with Crippen molar-refractivity contribution in [3.63, 3.8) is 0 Å². The zero-order valence-electron chi connectivity index (χ0n) is 19.8. The number of benzene rings is 2. The molecule has 0 aromatic heterocycles. The van der Waals surface area contributed by atoms with Crippen molar-refractivity contribution >= 4 is 23.5 Å². The van der Waals surface area contributed by atoms with Crippen LogP contribution in [-0.4, -0.2) is 24.2 Å². The van der Waals surface area contributed by atoms with E-state index in [-0.39, 0.29) is 53.0 Å². The number of fused-ring (bicyclic) bond motifs is 2. The lowest BCUT2D eigenvalue weighted by molar-refractivity contribution is -0.141. The summed E-state index contributed by atoms with van der Waals surface area (Å²) in [6.07, 6.45) is 2.26. The third-order valence-electron chi connectivity index (χ3n) is 6.28. The van der Waals surface area contributed by atoms with Gasteiger partial charge in [-0.2, -0.15) is 0 Å². The number of hydrogen-bond donors (Lipinski definition) is 1. The molecule has 4 rings (SSSR count).